The molecule has 0 amide bonds. The summed E-state index contributed by atoms with van der Waals surface area (Å²) >= 11 is 0. The summed E-state index contributed by atoms with van der Waals surface area (Å²) < 4.78 is 0. The van der Waals surface area contributed by atoms with Crippen molar-refractivity contribution in [1.29, 1.82) is 0 Å². The van der Waals surface area contributed by atoms with Gasteiger partial charge in [-0.15, -0.1) is 0 Å². The number of aromatic nitrogens is 1. The first-order chi connectivity index (χ1) is 8.60. The normalized spacial score (nSPS) is 11.9. The monoisotopic (exact) mass is 252 g/mol. The number of nitrogens with two attached hydrogens (primary N) is 1. The molecule has 0 aliphatic rings. The van der Waals surface area contributed by atoms with Crippen molar-refractivity contribution in [3.63, 3.8) is 0 Å². The number of nitrogens with zero attached hydrogens (tertiary/aromatic N) is 3. The van der Waals surface area contributed by atoms with E-state index in [2.05, 4.69) is 28.9 Å². The molecule has 0 unspecified atom stereocenters. The highest BCUT2D eigenvalue weighted by molar-refractivity contribution is 5.97. The molecule has 6 nitrogen and oxygen atoms in total. The lowest BCUT2D eigenvalue weighted by molar-refractivity contribution is 0.288. The molecule has 0 atom stereocenters. The molecule has 0 fully saturated rings. The number of anilines is 1. The predicted octanol–water partition coefficient (Wildman–Crippen LogP) is 0.773. The average Bonchev–Trinajstić information content (AvgIpc) is 2.38. The highest BCUT2D eigenvalue weighted by Crippen LogP contribution is 2.16. The Hall–Kier alpha value is -1.82. The fourth-order valence-corrected chi connectivity index (χ4v) is 1.67. The summed E-state index contributed by atoms with van der Waals surface area (Å²) in [5.41, 5.74) is 6.18. The summed E-state index contributed by atoms with van der Waals surface area (Å²) in [7, 11) is 0. The summed E-state index contributed by atoms with van der Waals surface area (Å²) in [5, 5.41) is 20.5. The van der Waals surface area contributed by atoms with Crippen LogP contribution in [0.15, 0.2) is 23.5 Å². The molecule has 0 bridgehead atoms. The first-order valence-electron chi connectivity index (χ1n) is 5.91. The fraction of sp³-hybridized carbons (Fsp3) is 0.500. The number of hydrogen-bond acceptors (Lipinski definition) is 5. The SMILES string of the molecule is CC(C)N(CCCO)c1cc(/C(N)=N/O)ccn1. The van der Waals surface area contributed by atoms with E-state index in [0.29, 0.717) is 18.5 Å². The minimum atomic E-state index is 0.0597. The number of rotatable bonds is 6. The number of hydrogen-bond donors (Lipinski definition) is 3. The van der Waals surface area contributed by atoms with Crippen LogP contribution in [0, 0.1) is 0 Å². The van der Waals surface area contributed by atoms with Crippen molar-refractivity contribution in [3.05, 3.63) is 23.9 Å². The van der Waals surface area contributed by atoms with Crippen molar-refractivity contribution in [1.82, 2.24) is 4.98 Å². The Morgan fingerprint density at radius 3 is 2.83 bits per heavy atom. The van der Waals surface area contributed by atoms with Crippen molar-refractivity contribution in [2.45, 2.75) is 26.3 Å². The topological polar surface area (TPSA) is 95.0 Å². The summed E-state index contributed by atoms with van der Waals surface area (Å²) in [6, 6.07) is 3.71. The third-order valence-electron chi connectivity index (χ3n) is 2.62. The zero-order valence-corrected chi connectivity index (χ0v) is 10.7. The van der Waals surface area contributed by atoms with Gasteiger partial charge in [0.05, 0.1) is 0 Å². The molecule has 6 heteroatoms. The van der Waals surface area contributed by atoms with Gasteiger partial charge in [0, 0.05) is 31.0 Å². The van der Waals surface area contributed by atoms with E-state index in [0.717, 1.165) is 5.82 Å². The van der Waals surface area contributed by atoms with Gasteiger partial charge in [0.25, 0.3) is 0 Å². The van der Waals surface area contributed by atoms with E-state index in [4.69, 9.17) is 16.0 Å². The predicted molar refractivity (Wildman–Crippen MR) is 70.9 cm³/mol. The van der Waals surface area contributed by atoms with E-state index in [1.165, 1.54) is 0 Å². The van der Waals surface area contributed by atoms with Gasteiger partial charge in [-0.2, -0.15) is 0 Å². The van der Waals surface area contributed by atoms with E-state index in [1.54, 1.807) is 18.3 Å². The van der Waals surface area contributed by atoms with Crippen molar-refractivity contribution < 1.29 is 10.3 Å². The van der Waals surface area contributed by atoms with Crippen LogP contribution in [-0.2, 0) is 0 Å². The molecule has 4 N–H and O–H groups in total. The molecule has 0 radical (unpaired) electrons. The third kappa shape index (κ3) is 3.59. The van der Waals surface area contributed by atoms with Gasteiger partial charge in [-0.1, -0.05) is 5.16 Å². The maximum atomic E-state index is 8.91. The van der Waals surface area contributed by atoms with Crippen molar-refractivity contribution in [2.75, 3.05) is 18.1 Å². The number of aliphatic hydroxyl groups excluding tert-OH is 1. The molecule has 1 heterocycles. The zero-order valence-electron chi connectivity index (χ0n) is 10.7. The van der Waals surface area contributed by atoms with Gasteiger partial charge in [-0.05, 0) is 32.4 Å². The molecule has 1 aromatic rings. The summed E-state index contributed by atoms with van der Waals surface area (Å²) in [4.78, 5) is 6.34. The molecule has 0 aliphatic carbocycles. The Kier molecular flexibility index (Phi) is 5.38. The van der Waals surface area contributed by atoms with E-state index in [9.17, 15) is 0 Å². The first-order valence-corrected chi connectivity index (χ1v) is 5.91. The first kappa shape index (κ1) is 14.2. The van der Waals surface area contributed by atoms with Crippen LogP contribution in [0.2, 0.25) is 0 Å². The van der Waals surface area contributed by atoms with Gasteiger partial charge >= 0.3 is 0 Å². The zero-order chi connectivity index (χ0) is 13.5. The van der Waals surface area contributed by atoms with Gasteiger partial charge in [-0.3, -0.25) is 0 Å². The maximum Gasteiger partial charge on any atom is 0.170 e. The molecule has 0 spiro atoms. The molecule has 0 saturated carbocycles. The Balaban J connectivity index is 2.98. The molecule has 18 heavy (non-hydrogen) atoms. The van der Waals surface area contributed by atoms with E-state index >= 15 is 0 Å². The van der Waals surface area contributed by atoms with Gasteiger partial charge < -0.3 is 20.9 Å². The van der Waals surface area contributed by atoms with Crippen molar-refractivity contribution >= 4 is 11.7 Å². The maximum absolute atomic E-state index is 8.91. The summed E-state index contributed by atoms with van der Waals surface area (Å²) in [6.45, 7) is 4.95. The van der Waals surface area contributed by atoms with Gasteiger partial charge in [0.15, 0.2) is 5.84 Å². The van der Waals surface area contributed by atoms with Crippen LogP contribution in [0.1, 0.15) is 25.8 Å². The van der Waals surface area contributed by atoms with Crippen LogP contribution in [0.25, 0.3) is 0 Å². The lowest BCUT2D eigenvalue weighted by atomic mass is 10.2. The average molecular weight is 252 g/mol. The lowest BCUT2D eigenvalue weighted by Gasteiger charge is -2.27. The van der Waals surface area contributed by atoms with Crippen LogP contribution >= 0.6 is 0 Å². The minimum Gasteiger partial charge on any atom is -0.409 e. The van der Waals surface area contributed by atoms with Crippen LogP contribution in [0.4, 0.5) is 5.82 Å². The number of oxime groups is 1. The molecule has 100 valence electrons. The van der Waals surface area contributed by atoms with Crippen LogP contribution in [0.5, 0.6) is 0 Å². The lowest BCUT2D eigenvalue weighted by Crippen LogP contribution is -2.33. The largest absolute Gasteiger partial charge is 0.409 e. The summed E-state index contributed by atoms with van der Waals surface area (Å²) in [5.74, 6) is 0.812. The Morgan fingerprint density at radius 1 is 1.56 bits per heavy atom. The quantitative estimate of drug-likeness (QED) is 0.301. The van der Waals surface area contributed by atoms with Gasteiger partial charge in [-0.25, -0.2) is 4.98 Å². The second-order valence-corrected chi connectivity index (χ2v) is 4.25. The van der Waals surface area contributed by atoms with E-state index in [1.807, 2.05) is 0 Å². The second kappa shape index (κ2) is 6.80. The van der Waals surface area contributed by atoms with Crippen molar-refractivity contribution in [2.24, 2.45) is 10.9 Å². The van der Waals surface area contributed by atoms with Crippen molar-refractivity contribution in [3.8, 4) is 0 Å². The number of amidine groups is 1. The molecule has 1 aromatic heterocycles. The van der Waals surface area contributed by atoms with E-state index < -0.39 is 0 Å². The van der Waals surface area contributed by atoms with Gasteiger partial charge in [0.2, 0.25) is 0 Å². The number of aliphatic hydroxyl groups is 1. The molecular formula is C12H20N4O2. The van der Waals surface area contributed by atoms with Crippen LogP contribution in [-0.4, -0.2) is 40.3 Å². The van der Waals surface area contributed by atoms with Crippen LogP contribution in [0.3, 0.4) is 0 Å². The highest BCUT2D eigenvalue weighted by Gasteiger charge is 2.12. The molecule has 0 aromatic carbocycles. The fourth-order valence-electron chi connectivity index (χ4n) is 1.67. The Labute approximate surface area is 107 Å². The molecule has 0 aliphatic heterocycles. The second-order valence-electron chi connectivity index (χ2n) is 4.25. The molecular weight excluding hydrogens is 232 g/mol. The van der Waals surface area contributed by atoms with E-state index in [-0.39, 0.29) is 18.5 Å². The van der Waals surface area contributed by atoms with Crippen LogP contribution < -0.4 is 10.6 Å². The summed E-state index contributed by atoms with van der Waals surface area (Å²) in [6.07, 6.45) is 2.30. The standard InChI is InChI=1S/C12H20N4O2/c1-9(2)16(6-3-7-17)11-8-10(4-5-14-11)12(13)15-18/h4-5,8-9,17-18H,3,6-7H2,1-2H3,(H2,13,15). The Morgan fingerprint density at radius 2 is 2.28 bits per heavy atom. The molecule has 0 saturated heterocycles. The molecule has 1 rings (SSSR count). The van der Waals surface area contributed by atoms with Gasteiger partial charge in [0.1, 0.15) is 5.82 Å². The Bertz CT molecular complexity index is 407. The smallest absolute Gasteiger partial charge is 0.170 e. The highest BCUT2D eigenvalue weighted by atomic mass is 16.4. The third-order valence-corrected chi connectivity index (χ3v) is 2.62. The minimum absolute atomic E-state index is 0.0597. The number of pyridine rings is 1.